The van der Waals surface area contributed by atoms with Crippen LogP contribution in [-0.4, -0.2) is 37.8 Å². The normalized spacial score (nSPS) is 14.8. The molecular weight excluding hydrogens is 448 g/mol. The van der Waals surface area contributed by atoms with E-state index in [-0.39, 0.29) is 18.5 Å². The van der Waals surface area contributed by atoms with Crippen molar-refractivity contribution in [1.29, 1.82) is 0 Å². The molecule has 1 atom stereocenters. The van der Waals surface area contributed by atoms with Gasteiger partial charge in [0.1, 0.15) is 17.0 Å². The fourth-order valence-corrected chi connectivity index (χ4v) is 3.97. The molecule has 0 unspecified atom stereocenters. The molecule has 178 valence electrons. The largest absolute Gasteiger partial charge is 0.451 e. The lowest BCUT2D eigenvalue weighted by Crippen LogP contribution is -2.17. The topological polar surface area (TPSA) is 135 Å². The highest BCUT2D eigenvalue weighted by Crippen LogP contribution is 2.38. The van der Waals surface area contributed by atoms with Gasteiger partial charge in [-0.2, -0.15) is 9.97 Å². The van der Waals surface area contributed by atoms with E-state index in [1.54, 1.807) is 25.3 Å². The van der Waals surface area contributed by atoms with Gasteiger partial charge in [-0.1, -0.05) is 35.5 Å². The van der Waals surface area contributed by atoms with Gasteiger partial charge in [0.15, 0.2) is 5.82 Å². The summed E-state index contributed by atoms with van der Waals surface area (Å²) in [5.41, 5.74) is 2.69. The Labute approximate surface area is 201 Å². The van der Waals surface area contributed by atoms with Gasteiger partial charge in [-0.25, -0.2) is 9.78 Å². The zero-order valence-corrected chi connectivity index (χ0v) is 19.4. The smallest absolute Gasteiger partial charge is 0.339 e. The highest BCUT2D eigenvalue weighted by Gasteiger charge is 2.37. The van der Waals surface area contributed by atoms with Crippen LogP contribution in [0.1, 0.15) is 47.2 Å². The number of nitrogens with zero attached hydrogens (tertiary/aromatic N) is 4. The number of esters is 1. The van der Waals surface area contributed by atoms with Crippen LogP contribution in [0.5, 0.6) is 0 Å². The number of ether oxygens (including phenoxy) is 1. The minimum atomic E-state index is -0.721. The summed E-state index contributed by atoms with van der Waals surface area (Å²) < 4.78 is 10.8. The Kier molecular flexibility index (Phi) is 5.65. The average molecular weight is 473 g/mol. The number of rotatable bonds is 7. The molecule has 0 bridgehead atoms. The number of anilines is 3. The van der Waals surface area contributed by atoms with Crippen molar-refractivity contribution < 1.29 is 19.2 Å². The van der Waals surface area contributed by atoms with Gasteiger partial charge in [-0.15, -0.1) is 0 Å². The van der Waals surface area contributed by atoms with Gasteiger partial charge in [0, 0.05) is 17.4 Å². The summed E-state index contributed by atoms with van der Waals surface area (Å²) in [7, 11) is 0. The van der Waals surface area contributed by atoms with Crippen LogP contribution in [0.15, 0.2) is 59.3 Å². The minimum absolute atomic E-state index is 0.160. The van der Waals surface area contributed by atoms with Crippen LogP contribution in [0, 0.1) is 6.92 Å². The molecule has 0 amide bonds. The van der Waals surface area contributed by atoms with Gasteiger partial charge in [0.25, 0.3) is 5.89 Å². The van der Waals surface area contributed by atoms with Crippen LogP contribution in [0.2, 0.25) is 0 Å². The molecule has 5 rings (SSSR count). The minimum Gasteiger partial charge on any atom is -0.451 e. The number of aromatic nitrogens is 4. The molecule has 10 nitrogen and oxygen atoms in total. The molecule has 1 aliphatic rings. The molecule has 3 heterocycles. The zero-order valence-electron chi connectivity index (χ0n) is 19.4. The van der Waals surface area contributed by atoms with Gasteiger partial charge >= 0.3 is 5.97 Å². The van der Waals surface area contributed by atoms with Crippen molar-refractivity contribution in [2.75, 3.05) is 17.2 Å². The van der Waals surface area contributed by atoms with Crippen LogP contribution in [0.25, 0.3) is 11.5 Å². The second-order valence-corrected chi connectivity index (χ2v) is 8.68. The molecule has 0 aliphatic carbocycles. The molecule has 4 aromatic rings. The number of hydrogen-bond acceptors (Lipinski definition) is 10. The fraction of sp³-hybridized carbons (Fsp3) is 0.240. The summed E-state index contributed by atoms with van der Waals surface area (Å²) in [6.45, 7) is 5.26. The first-order valence-electron chi connectivity index (χ1n) is 11.1. The third-order valence-electron chi connectivity index (χ3n) is 5.73. The van der Waals surface area contributed by atoms with E-state index in [1.807, 2.05) is 50.2 Å². The molecular formula is C25H24N6O4. The molecule has 0 spiro atoms. The summed E-state index contributed by atoms with van der Waals surface area (Å²) >= 11 is 0. The van der Waals surface area contributed by atoms with E-state index in [9.17, 15) is 9.90 Å². The summed E-state index contributed by atoms with van der Waals surface area (Å²) in [5.74, 6) is 1.12. The first-order valence-corrected chi connectivity index (χ1v) is 11.1. The molecule has 10 heteroatoms. The molecule has 35 heavy (non-hydrogen) atoms. The summed E-state index contributed by atoms with van der Waals surface area (Å²) in [5, 5.41) is 20.4. The van der Waals surface area contributed by atoms with Crippen molar-refractivity contribution >= 4 is 23.4 Å². The zero-order chi connectivity index (χ0) is 24.6. The molecule has 2 aromatic heterocycles. The van der Waals surface area contributed by atoms with E-state index in [1.165, 1.54) is 0 Å². The van der Waals surface area contributed by atoms with Crippen molar-refractivity contribution in [2.45, 2.75) is 32.4 Å². The van der Waals surface area contributed by atoms with Crippen LogP contribution in [-0.2, 0) is 10.3 Å². The third-order valence-corrected chi connectivity index (χ3v) is 5.73. The van der Waals surface area contributed by atoms with E-state index < -0.39 is 11.6 Å². The SMILES string of the molecule is Cc1noc(-c2cnc(Nc3ccc4c(c3)C(C)(C)OC4=O)nc2N[C@H](CO)c2ccccc2)n1. The summed E-state index contributed by atoms with van der Waals surface area (Å²) in [6.07, 6.45) is 1.58. The second kappa shape index (κ2) is 8.80. The number of benzene rings is 2. The summed E-state index contributed by atoms with van der Waals surface area (Å²) in [4.78, 5) is 25.5. The maximum atomic E-state index is 12.1. The Bertz CT molecular complexity index is 1390. The standard InChI is InChI=1S/C25H24N6O4/c1-14-27-22(35-31-14)18-12-26-24(30-21(18)29-20(13-32)15-7-5-4-6-8-15)28-16-9-10-17-19(11-16)25(2,3)34-23(17)33/h4-12,20,32H,13H2,1-3H3,(H2,26,28,29,30)/t20-/m1/s1. The first kappa shape index (κ1) is 22.5. The van der Waals surface area contributed by atoms with Crippen LogP contribution >= 0.6 is 0 Å². The van der Waals surface area contributed by atoms with Crippen molar-refractivity contribution in [1.82, 2.24) is 20.1 Å². The lowest BCUT2D eigenvalue weighted by Gasteiger charge is -2.20. The maximum absolute atomic E-state index is 12.1. The van der Waals surface area contributed by atoms with Gasteiger partial charge in [0.2, 0.25) is 5.95 Å². The summed E-state index contributed by atoms with van der Waals surface area (Å²) in [6, 6.07) is 14.5. The first-order chi connectivity index (χ1) is 16.8. The number of aryl methyl sites for hydroxylation is 1. The van der Waals surface area contributed by atoms with E-state index >= 15 is 0 Å². The van der Waals surface area contributed by atoms with E-state index in [2.05, 4.69) is 30.7 Å². The maximum Gasteiger partial charge on any atom is 0.339 e. The number of hydrogen-bond donors (Lipinski definition) is 3. The second-order valence-electron chi connectivity index (χ2n) is 8.68. The lowest BCUT2D eigenvalue weighted by atomic mass is 9.95. The number of nitrogens with one attached hydrogen (secondary N) is 2. The van der Waals surface area contributed by atoms with E-state index in [0.717, 1.165) is 11.1 Å². The lowest BCUT2D eigenvalue weighted by molar-refractivity contribution is 0.00954. The number of cyclic esters (lactones) is 1. The number of carbonyl (C=O) groups is 1. The van der Waals surface area contributed by atoms with Crippen LogP contribution in [0.3, 0.4) is 0 Å². The van der Waals surface area contributed by atoms with Crippen LogP contribution in [0.4, 0.5) is 17.5 Å². The van der Waals surface area contributed by atoms with Gasteiger partial charge < -0.3 is 25.0 Å². The predicted molar refractivity (Wildman–Crippen MR) is 128 cm³/mol. The Morgan fingerprint density at radius 3 is 2.60 bits per heavy atom. The van der Waals surface area contributed by atoms with Gasteiger partial charge in [-0.05, 0) is 44.5 Å². The number of aliphatic hydroxyl groups is 1. The van der Waals surface area contributed by atoms with E-state index in [4.69, 9.17) is 9.26 Å². The van der Waals surface area contributed by atoms with Crippen molar-refractivity contribution in [2.24, 2.45) is 0 Å². The number of aliphatic hydroxyl groups excluding tert-OH is 1. The van der Waals surface area contributed by atoms with Crippen LogP contribution < -0.4 is 10.6 Å². The average Bonchev–Trinajstić information content (AvgIpc) is 3.37. The fourth-order valence-electron chi connectivity index (χ4n) is 3.97. The Morgan fingerprint density at radius 1 is 1.09 bits per heavy atom. The molecule has 3 N–H and O–H groups in total. The quantitative estimate of drug-likeness (QED) is 0.337. The molecule has 2 aromatic carbocycles. The van der Waals surface area contributed by atoms with Crippen molar-refractivity contribution in [3.8, 4) is 11.5 Å². The molecule has 0 radical (unpaired) electrons. The molecule has 0 fully saturated rings. The Morgan fingerprint density at radius 2 is 1.89 bits per heavy atom. The van der Waals surface area contributed by atoms with Gasteiger partial charge in [0.05, 0.1) is 18.2 Å². The predicted octanol–water partition coefficient (Wildman–Crippen LogP) is 4.13. The van der Waals surface area contributed by atoms with Crippen molar-refractivity contribution in [3.05, 3.63) is 77.2 Å². The highest BCUT2D eigenvalue weighted by atomic mass is 16.6. The molecule has 0 saturated heterocycles. The number of carbonyl (C=O) groups excluding carboxylic acids is 1. The van der Waals surface area contributed by atoms with E-state index in [0.29, 0.717) is 34.4 Å². The Hall–Kier alpha value is -4.31. The third kappa shape index (κ3) is 4.43. The van der Waals surface area contributed by atoms with Gasteiger partial charge in [-0.3, -0.25) is 0 Å². The molecule has 1 aliphatic heterocycles. The molecule has 0 saturated carbocycles. The number of fused-ring (bicyclic) bond motifs is 1. The van der Waals surface area contributed by atoms with Crippen molar-refractivity contribution in [3.63, 3.8) is 0 Å². The highest BCUT2D eigenvalue weighted by molar-refractivity contribution is 5.95. The monoisotopic (exact) mass is 472 g/mol. The Balaban J connectivity index is 1.50.